The van der Waals surface area contributed by atoms with E-state index < -0.39 is 16.7 Å². The number of benzene rings is 1. The largest absolute Gasteiger partial charge is 0.503 e. The van der Waals surface area contributed by atoms with Gasteiger partial charge in [0.25, 0.3) is 5.56 Å². The standard InChI is InChI=1S/C15H11ClN2O3/c16-11-3-1-10(2-4-11)9-18-8-7-17-6-5-12(19)14(20)13(17)15(18)21/h1-8,20H,9H2. The summed E-state index contributed by atoms with van der Waals surface area (Å²) >= 11 is 5.82. The van der Waals surface area contributed by atoms with Gasteiger partial charge >= 0.3 is 0 Å². The number of fused-ring (bicyclic) bond motifs is 1. The Labute approximate surface area is 124 Å². The Bertz CT molecular complexity index is 926. The summed E-state index contributed by atoms with van der Waals surface area (Å²) in [5.74, 6) is -0.534. The fourth-order valence-corrected chi connectivity index (χ4v) is 2.27. The molecule has 0 amide bonds. The fourth-order valence-electron chi connectivity index (χ4n) is 2.14. The molecule has 2 aromatic heterocycles. The number of aromatic nitrogens is 2. The zero-order valence-electron chi connectivity index (χ0n) is 10.9. The third-order valence-electron chi connectivity index (χ3n) is 3.24. The number of hydrogen-bond acceptors (Lipinski definition) is 3. The lowest BCUT2D eigenvalue weighted by Crippen LogP contribution is -2.23. The van der Waals surface area contributed by atoms with Crippen molar-refractivity contribution in [3.63, 3.8) is 0 Å². The molecule has 0 saturated carbocycles. The number of hydrogen-bond donors (Lipinski definition) is 1. The molecule has 0 saturated heterocycles. The number of halogens is 1. The van der Waals surface area contributed by atoms with Gasteiger partial charge in [-0.3, -0.25) is 9.59 Å². The van der Waals surface area contributed by atoms with Crippen molar-refractivity contribution in [3.8, 4) is 5.75 Å². The number of pyridine rings is 1. The molecule has 0 aliphatic rings. The number of aromatic hydroxyl groups is 1. The van der Waals surface area contributed by atoms with Crippen LogP contribution in [0.15, 0.2) is 58.5 Å². The molecule has 0 unspecified atom stereocenters. The molecule has 1 N–H and O–H groups in total. The third-order valence-corrected chi connectivity index (χ3v) is 3.49. The summed E-state index contributed by atoms with van der Waals surface area (Å²) < 4.78 is 2.86. The SMILES string of the molecule is O=c1ccn2ccn(Cc3ccc(Cl)cc3)c(=O)c2c1O. The van der Waals surface area contributed by atoms with E-state index in [-0.39, 0.29) is 5.52 Å². The van der Waals surface area contributed by atoms with Crippen molar-refractivity contribution in [3.05, 3.63) is 80.1 Å². The summed E-state index contributed by atoms with van der Waals surface area (Å²) in [4.78, 5) is 23.9. The molecular weight excluding hydrogens is 292 g/mol. The van der Waals surface area contributed by atoms with Crippen molar-refractivity contribution < 1.29 is 5.11 Å². The number of rotatable bonds is 2. The first-order chi connectivity index (χ1) is 10.1. The van der Waals surface area contributed by atoms with E-state index in [1.54, 1.807) is 24.5 Å². The highest BCUT2D eigenvalue weighted by molar-refractivity contribution is 6.30. The maximum Gasteiger partial charge on any atom is 0.279 e. The Kier molecular flexibility index (Phi) is 3.27. The molecule has 0 aliphatic carbocycles. The van der Waals surface area contributed by atoms with Crippen LogP contribution in [0.4, 0.5) is 0 Å². The van der Waals surface area contributed by atoms with Gasteiger partial charge in [0.15, 0.2) is 11.3 Å². The van der Waals surface area contributed by atoms with Crippen molar-refractivity contribution in [1.29, 1.82) is 0 Å². The molecule has 106 valence electrons. The Balaban J connectivity index is 2.14. The molecule has 0 radical (unpaired) electrons. The van der Waals surface area contributed by atoms with E-state index in [4.69, 9.17) is 11.6 Å². The summed E-state index contributed by atoms with van der Waals surface area (Å²) in [7, 11) is 0. The van der Waals surface area contributed by atoms with Crippen LogP contribution in [-0.4, -0.2) is 14.1 Å². The Hall–Kier alpha value is -2.53. The lowest BCUT2D eigenvalue weighted by Gasteiger charge is -2.09. The second kappa shape index (κ2) is 5.10. The van der Waals surface area contributed by atoms with Crippen molar-refractivity contribution in [1.82, 2.24) is 8.97 Å². The first-order valence-electron chi connectivity index (χ1n) is 6.24. The highest BCUT2D eigenvalue weighted by Crippen LogP contribution is 2.11. The van der Waals surface area contributed by atoms with Crippen molar-refractivity contribution >= 4 is 17.1 Å². The van der Waals surface area contributed by atoms with E-state index >= 15 is 0 Å². The van der Waals surface area contributed by atoms with Crippen LogP contribution in [0.2, 0.25) is 5.02 Å². The third kappa shape index (κ3) is 2.43. The van der Waals surface area contributed by atoms with Crippen LogP contribution < -0.4 is 11.0 Å². The molecule has 3 rings (SSSR count). The Morgan fingerprint density at radius 2 is 1.71 bits per heavy atom. The maximum atomic E-state index is 12.4. The average molecular weight is 303 g/mol. The van der Waals surface area contributed by atoms with Crippen LogP contribution >= 0.6 is 11.6 Å². The van der Waals surface area contributed by atoms with Gasteiger partial charge in [-0.2, -0.15) is 0 Å². The molecular formula is C15H11ClN2O3. The van der Waals surface area contributed by atoms with E-state index in [2.05, 4.69) is 0 Å². The summed E-state index contributed by atoms with van der Waals surface area (Å²) in [5.41, 5.74) is -0.137. The lowest BCUT2D eigenvalue weighted by atomic mass is 10.2. The van der Waals surface area contributed by atoms with Crippen LogP contribution in [-0.2, 0) is 6.54 Å². The summed E-state index contributed by atoms with van der Waals surface area (Å²) in [6.45, 7) is 0.328. The minimum Gasteiger partial charge on any atom is -0.503 e. The van der Waals surface area contributed by atoms with E-state index in [1.807, 2.05) is 12.1 Å². The Morgan fingerprint density at radius 3 is 2.43 bits per heavy atom. The molecule has 5 nitrogen and oxygen atoms in total. The summed E-state index contributed by atoms with van der Waals surface area (Å²) in [6.07, 6.45) is 4.67. The molecule has 21 heavy (non-hydrogen) atoms. The molecule has 2 heterocycles. The van der Waals surface area contributed by atoms with Crippen LogP contribution in [0, 0.1) is 0 Å². The summed E-state index contributed by atoms with van der Waals surface area (Å²) in [6, 6.07) is 8.33. The Morgan fingerprint density at radius 1 is 1.00 bits per heavy atom. The van der Waals surface area contributed by atoms with E-state index in [9.17, 15) is 14.7 Å². The van der Waals surface area contributed by atoms with Crippen LogP contribution in [0.25, 0.3) is 5.52 Å². The molecule has 0 fully saturated rings. The molecule has 0 bridgehead atoms. The fraction of sp³-hybridized carbons (Fsp3) is 0.0667. The second-order valence-electron chi connectivity index (χ2n) is 4.64. The highest BCUT2D eigenvalue weighted by atomic mass is 35.5. The molecule has 6 heteroatoms. The van der Waals surface area contributed by atoms with Gasteiger partial charge in [-0.25, -0.2) is 0 Å². The zero-order valence-corrected chi connectivity index (χ0v) is 11.6. The monoisotopic (exact) mass is 302 g/mol. The van der Waals surface area contributed by atoms with Gasteiger partial charge in [-0.05, 0) is 17.7 Å². The topological polar surface area (TPSA) is 63.7 Å². The van der Waals surface area contributed by atoms with Gasteiger partial charge in [0, 0.05) is 29.7 Å². The highest BCUT2D eigenvalue weighted by Gasteiger charge is 2.10. The molecule has 0 spiro atoms. The smallest absolute Gasteiger partial charge is 0.279 e. The van der Waals surface area contributed by atoms with E-state index in [0.29, 0.717) is 11.6 Å². The lowest BCUT2D eigenvalue weighted by molar-refractivity contribution is 0.472. The summed E-state index contributed by atoms with van der Waals surface area (Å²) in [5, 5.41) is 10.4. The predicted octanol–water partition coefficient (Wildman–Crippen LogP) is 1.87. The van der Waals surface area contributed by atoms with Crippen molar-refractivity contribution in [2.75, 3.05) is 0 Å². The maximum absolute atomic E-state index is 12.4. The van der Waals surface area contributed by atoms with Gasteiger partial charge in [0.1, 0.15) is 0 Å². The van der Waals surface area contributed by atoms with Gasteiger partial charge in [0.05, 0.1) is 6.54 Å². The van der Waals surface area contributed by atoms with Gasteiger partial charge in [-0.15, -0.1) is 0 Å². The zero-order chi connectivity index (χ0) is 15.0. The van der Waals surface area contributed by atoms with Crippen molar-refractivity contribution in [2.45, 2.75) is 6.54 Å². The van der Waals surface area contributed by atoms with Crippen LogP contribution in [0.1, 0.15) is 5.56 Å². The van der Waals surface area contributed by atoms with Gasteiger partial charge in [-0.1, -0.05) is 23.7 Å². The van der Waals surface area contributed by atoms with Gasteiger partial charge < -0.3 is 14.1 Å². The quantitative estimate of drug-likeness (QED) is 0.786. The van der Waals surface area contributed by atoms with Crippen LogP contribution in [0.5, 0.6) is 5.75 Å². The molecule has 1 aromatic carbocycles. The van der Waals surface area contributed by atoms with Gasteiger partial charge in [0.2, 0.25) is 5.43 Å². The average Bonchev–Trinajstić information content (AvgIpc) is 2.48. The van der Waals surface area contributed by atoms with E-state index in [1.165, 1.54) is 21.2 Å². The minimum atomic E-state index is -0.573. The first kappa shape index (κ1) is 13.5. The normalized spacial score (nSPS) is 10.9. The number of nitrogens with zero attached hydrogens (tertiary/aromatic N) is 2. The van der Waals surface area contributed by atoms with Crippen LogP contribution in [0.3, 0.4) is 0 Å². The molecule has 0 atom stereocenters. The first-order valence-corrected chi connectivity index (χ1v) is 6.62. The predicted molar refractivity (Wildman–Crippen MR) is 80.1 cm³/mol. The second-order valence-corrected chi connectivity index (χ2v) is 5.08. The van der Waals surface area contributed by atoms with E-state index in [0.717, 1.165) is 5.56 Å². The minimum absolute atomic E-state index is 0.0287. The molecule has 0 aliphatic heterocycles. The molecule has 3 aromatic rings. The van der Waals surface area contributed by atoms with Crippen molar-refractivity contribution in [2.24, 2.45) is 0 Å².